The Hall–Kier alpha value is -1.71. The molecule has 1 aromatic rings. The lowest BCUT2D eigenvalue weighted by molar-refractivity contribution is -0.384. The molecule has 0 spiro atoms. The Bertz CT molecular complexity index is 533. The van der Waals surface area contributed by atoms with Crippen molar-refractivity contribution in [3.8, 4) is 0 Å². The van der Waals surface area contributed by atoms with E-state index >= 15 is 0 Å². The summed E-state index contributed by atoms with van der Waals surface area (Å²) in [6.45, 7) is 0.338. The van der Waals surface area contributed by atoms with Gasteiger partial charge in [0.1, 0.15) is 0 Å². The van der Waals surface area contributed by atoms with E-state index in [-0.39, 0.29) is 17.7 Å². The van der Waals surface area contributed by atoms with Gasteiger partial charge in [-0.15, -0.1) is 0 Å². The molecule has 0 aliphatic heterocycles. The zero-order valence-corrected chi connectivity index (χ0v) is 12.6. The summed E-state index contributed by atoms with van der Waals surface area (Å²) in [5.74, 6) is -1.27. The lowest BCUT2D eigenvalue weighted by atomic mass is 10.2. The van der Waals surface area contributed by atoms with Gasteiger partial charge in [0, 0.05) is 28.7 Å². The van der Waals surface area contributed by atoms with Gasteiger partial charge in [-0.3, -0.25) is 19.7 Å². The number of non-ortho nitro benzene ring substituents is 1. The number of unbranched alkanes of at least 4 members (excludes halogenated alkanes) is 1. The number of amides is 1. The number of nitro benzene ring substituents is 1. The van der Waals surface area contributed by atoms with Gasteiger partial charge in [0.15, 0.2) is 0 Å². The first-order chi connectivity index (χ1) is 9.41. The molecule has 0 saturated carbocycles. The van der Waals surface area contributed by atoms with Crippen molar-refractivity contribution in [2.24, 2.45) is 0 Å². The number of carboxylic acids is 1. The fraction of sp³-hybridized carbons (Fsp3) is 0.333. The predicted molar refractivity (Wildman–Crippen MR) is 79.6 cm³/mol. The number of nitrogens with zero attached hydrogens (tertiary/aromatic N) is 1. The first-order valence-corrected chi connectivity index (χ1v) is 6.93. The highest BCUT2D eigenvalue weighted by Gasteiger charge is 2.15. The number of hydrogen-bond donors (Lipinski definition) is 2. The summed E-state index contributed by atoms with van der Waals surface area (Å²) < 4.78 is 0.622. The van der Waals surface area contributed by atoms with Crippen LogP contribution in [0.1, 0.15) is 29.6 Å². The molecule has 7 nitrogen and oxygen atoms in total. The van der Waals surface area contributed by atoms with Gasteiger partial charge in [-0.2, -0.15) is 0 Å². The summed E-state index contributed by atoms with van der Waals surface area (Å²) in [4.78, 5) is 32.3. The molecule has 108 valence electrons. The number of nitrogens with one attached hydrogen (secondary N) is 1. The number of aliphatic carboxylic acids is 1. The van der Waals surface area contributed by atoms with Crippen LogP contribution in [-0.2, 0) is 4.79 Å². The van der Waals surface area contributed by atoms with Gasteiger partial charge in [0.05, 0.1) is 10.5 Å². The van der Waals surface area contributed by atoms with Gasteiger partial charge in [-0.1, -0.05) is 0 Å². The number of halogens is 1. The molecule has 1 rings (SSSR count). The van der Waals surface area contributed by atoms with Crippen LogP contribution in [-0.4, -0.2) is 28.5 Å². The minimum Gasteiger partial charge on any atom is -0.481 e. The molecule has 0 bridgehead atoms. The van der Waals surface area contributed by atoms with Crippen molar-refractivity contribution in [3.63, 3.8) is 0 Å². The molecule has 0 aliphatic rings. The van der Waals surface area contributed by atoms with E-state index in [1.165, 1.54) is 18.2 Å². The van der Waals surface area contributed by atoms with E-state index in [4.69, 9.17) is 5.11 Å². The Morgan fingerprint density at radius 2 is 2.05 bits per heavy atom. The molecule has 1 aromatic carbocycles. The van der Waals surface area contributed by atoms with E-state index in [9.17, 15) is 19.7 Å². The van der Waals surface area contributed by atoms with Crippen molar-refractivity contribution in [2.75, 3.05) is 6.54 Å². The van der Waals surface area contributed by atoms with E-state index in [1.807, 2.05) is 22.6 Å². The molecular weight excluding hydrogens is 379 g/mol. The smallest absolute Gasteiger partial charge is 0.303 e. The molecule has 0 heterocycles. The number of carbonyl (C=O) groups excluding carboxylic acids is 1. The number of carbonyl (C=O) groups is 2. The average Bonchev–Trinajstić information content (AvgIpc) is 2.37. The molecule has 1 amide bonds. The summed E-state index contributed by atoms with van der Waals surface area (Å²) in [6.07, 6.45) is 1.08. The van der Waals surface area contributed by atoms with Gasteiger partial charge in [0.25, 0.3) is 11.6 Å². The second kappa shape index (κ2) is 7.78. The fourth-order valence-electron chi connectivity index (χ4n) is 1.50. The van der Waals surface area contributed by atoms with Gasteiger partial charge in [-0.25, -0.2) is 0 Å². The van der Waals surface area contributed by atoms with Gasteiger partial charge in [0.2, 0.25) is 0 Å². The third-order valence-corrected chi connectivity index (χ3v) is 3.45. The Morgan fingerprint density at radius 3 is 2.65 bits per heavy atom. The highest BCUT2D eigenvalue weighted by molar-refractivity contribution is 14.1. The van der Waals surface area contributed by atoms with E-state index in [1.54, 1.807) is 0 Å². The maximum Gasteiger partial charge on any atom is 0.303 e. The number of benzene rings is 1. The van der Waals surface area contributed by atoms with Gasteiger partial charge < -0.3 is 10.4 Å². The van der Waals surface area contributed by atoms with Crippen molar-refractivity contribution < 1.29 is 19.6 Å². The van der Waals surface area contributed by atoms with E-state index < -0.39 is 16.8 Å². The Morgan fingerprint density at radius 1 is 1.35 bits per heavy atom. The van der Waals surface area contributed by atoms with Crippen molar-refractivity contribution in [2.45, 2.75) is 19.3 Å². The first-order valence-electron chi connectivity index (χ1n) is 5.85. The highest BCUT2D eigenvalue weighted by atomic mass is 127. The van der Waals surface area contributed by atoms with Crippen LogP contribution in [0.2, 0.25) is 0 Å². The normalized spacial score (nSPS) is 10.1. The third kappa shape index (κ3) is 5.11. The lowest BCUT2D eigenvalue weighted by Gasteiger charge is -2.06. The number of nitro groups is 1. The van der Waals surface area contributed by atoms with Crippen LogP contribution in [0.3, 0.4) is 0 Å². The summed E-state index contributed by atoms with van der Waals surface area (Å²) in [7, 11) is 0. The number of rotatable bonds is 7. The number of hydrogen-bond acceptors (Lipinski definition) is 4. The maximum absolute atomic E-state index is 11.9. The zero-order chi connectivity index (χ0) is 15.1. The summed E-state index contributed by atoms with van der Waals surface area (Å²) >= 11 is 1.93. The molecule has 2 N–H and O–H groups in total. The quantitative estimate of drug-likeness (QED) is 0.320. The van der Waals surface area contributed by atoms with Crippen LogP contribution in [0, 0.1) is 13.7 Å². The van der Waals surface area contributed by atoms with Gasteiger partial charge >= 0.3 is 5.97 Å². The molecule has 0 aromatic heterocycles. The Kier molecular flexibility index (Phi) is 6.36. The minimum atomic E-state index is -0.871. The van der Waals surface area contributed by atoms with E-state index in [0.29, 0.717) is 23.0 Å². The average molecular weight is 392 g/mol. The van der Waals surface area contributed by atoms with Crippen LogP contribution >= 0.6 is 22.6 Å². The van der Waals surface area contributed by atoms with Crippen molar-refractivity contribution in [1.29, 1.82) is 0 Å². The standard InChI is InChI=1S/C12H13IN2O5/c13-10-5-4-8(15(19)20)7-9(10)12(18)14-6-2-1-3-11(16)17/h4-5,7H,1-3,6H2,(H,14,18)(H,16,17). The largest absolute Gasteiger partial charge is 0.481 e. The monoisotopic (exact) mass is 392 g/mol. The summed E-state index contributed by atoms with van der Waals surface area (Å²) in [6, 6.07) is 4.08. The molecule has 20 heavy (non-hydrogen) atoms. The molecule has 0 aliphatic carbocycles. The van der Waals surface area contributed by atoms with Crippen LogP contribution in [0.5, 0.6) is 0 Å². The lowest BCUT2D eigenvalue weighted by Crippen LogP contribution is -2.25. The summed E-state index contributed by atoms with van der Waals surface area (Å²) in [5, 5.41) is 21.8. The van der Waals surface area contributed by atoms with E-state index in [0.717, 1.165) is 0 Å². The molecule has 0 unspecified atom stereocenters. The SMILES string of the molecule is O=C(O)CCCCNC(=O)c1cc([N+](=O)[O-])ccc1I. The van der Waals surface area contributed by atoms with Crippen molar-refractivity contribution in [1.82, 2.24) is 5.32 Å². The van der Waals surface area contributed by atoms with Crippen LogP contribution in [0.15, 0.2) is 18.2 Å². The molecule has 0 radical (unpaired) electrons. The minimum absolute atomic E-state index is 0.0597. The third-order valence-electron chi connectivity index (χ3n) is 2.51. The highest BCUT2D eigenvalue weighted by Crippen LogP contribution is 2.19. The summed E-state index contributed by atoms with van der Waals surface area (Å²) in [5.41, 5.74) is 0.111. The Labute approximate surface area is 128 Å². The predicted octanol–water partition coefficient (Wildman–Crippen LogP) is 2.18. The second-order valence-corrected chi connectivity index (χ2v) is 5.19. The first kappa shape index (κ1) is 16.3. The Balaban J connectivity index is 2.57. The van der Waals surface area contributed by atoms with Crippen LogP contribution in [0.25, 0.3) is 0 Å². The number of carboxylic acid groups (broad SMARTS) is 1. The van der Waals surface area contributed by atoms with Crippen molar-refractivity contribution >= 4 is 40.2 Å². The maximum atomic E-state index is 11.9. The van der Waals surface area contributed by atoms with Crippen molar-refractivity contribution in [3.05, 3.63) is 37.4 Å². The molecule has 0 fully saturated rings. The molecular formula is C12H13IN2O5. The van der Waals surface area contributed by atoms with Gasteiger partial charge in [-0.05, 0) is 41.5 Å². The fourth-order valence-corrected chi connectivity index (χ4v) is 2.08. The molecule has 0 saturated heterocycles. The zero-order valence-electron chi connectivity index (χ0n) is 10.5. The van der Waals surface area contributed by atoms with E-state index in [2.05, 4.69) is 5.32 Å². The van der Waals surface area contributed by atoms with Crippen LogP contribution in [0.4, 0.5) is 5.69 Å². The second-order valence-electron chi connectivity index (χ2n) is 4.03. The topological polar surface area (TPSA) is 110 Å². The molecule has 8 heteroatoms. The van der Waals surface area contributed by atoms with Crippen LogP contribution < -0.4 is 5.32 Å². The molecule has 0 atom stereocenters.